The molecule has 3 rings (SSSR count). The summed E-state index contributed by atoms with van der Waals surface area (Å²) in [7, 11) is -4.53. The molecule has 1 amide bonds. The van der Waals surface area contributed by atoms with Crippen LogP contribution in [0.2, 0.25) is 0 Å². The first-order valence-corrected chi connectivity index (χ1v) is 11.4. The Morgan fingerprint density at radius 3 is 2.45 bits per heavy atom. The Labute approximate surface area is 190 Å². The Kier molecular flexibility index (Phi) is 6.84. The monoisotopic (exact) mass is 475 g/mol. The number of aliphatic carboxylic acids is 1. The van der Waals surface area contributed by atoms with E-state index in [4.69, 9.17) is 21.7 Å². The van der Waals surface area contributed by atoms with Crippen LogP contribution in [-0.4, -0.2) is 48.7 Å². The molecule has 1 aliphatic heterocycles. The highest BCUT2D eigenvalue weighted by Gasteiger charge is 2.49. The number of carbonyl (C=O) groups excluding carboxylic acids is 1. The normalized spacial score (nSPS) is 20.1. The van der Waals surface area contributed by atoms with Crippen molar-refractivity contribution in [2.75, 3.05) is 6.54 Å². The van der Waals surface area contributed by atoms with Gasteiger partial charge >= 0.3 is 5.97 Å². The van der Waals surface area contributed by atoms with Crippen LogP contribution < -0.4 is 22.3 Å². The zero-order chi connectivity index (χ0) is 24.4. The van der Waals surface area contributed by atoms with Crippen molar-refractivity contribution < 1.29 is 28.0 Å². The summed E-state index contributed by atoms with van der Waals surface area (Å²) >= 11 is 0. The van der Waals surface area contributed by atoms with Crippen molar-refractivity contribution in [3.63, 3.8) is 0 Å². The zero-order valence-electron chi connectivity index (χ0n) is 17.7. The Balaban J connectivity index is 1.70. The van der Waals surface area contributed by atoms with E-state index in [2.05, 4.69) is 10.8 Å². The largest absolute Gasteiger partial charge is 0.479 e. The lowest BCUT2D eigenvalue weighted by Gasteiger charge is -2.26. The van der Waals surface area contributed by atoms with E-state index in [9.17, 15) is 23.1 Å². The zero-order valence-corrected chi connectivity index (χ0v) is 18.6. The first kappa shape index (κ1) is 24.3. The molecule has 0 aliphatic carbocycles. The van der Waals surface area contributed by atoms with E-state index < -0.39 is 45.3 Å². The number of carboxylic acid groups (broad SMARTS) is 1. The van der Waals surface area contributed by atoms with Gasteiger partial charge in [0.1, 0.15) is 18.0 Å². The van der Waals surface area contributed by atoms with E-state index >= 15 is 0 Å². The number of nitrogen functional groups attached to an aromatic ring is 1. The standard InChI is InChI=1S/C21H25N5O6S/c1-12-4-2-3-5-17(12)33(30,31)21(24,20(28)29)11-25-19(27)15-10-16(32-26-15)13-6-8-14(9-7-13)18(22)23/h2-9,15-16,26H,10-11,24H2,1H3,(H3,22,23)(H,25,27)(H,28,29)/t15-,16+,21-/m0/s1. The van der Waals surface area contributed by atoms with Crippen LogP contribution in [0.5, 0.6) is 0 Å². The van der Waals surface area contributed by atoms with Gasteiger partial charge < -0.3 is 21.9 Å². The van der Waals surface area contributed by atoms with E-state index in [1.807, 2.05) is 0 Å². The van der Waals surface area contributed by atoms with Crippen molar-refractivity contribution in [3.05, 3.63) is 65.2 Å². The topological polar surface area (TPSA) is 198 Å². The molecule has 11 nitrogen and oxygen atoms in total. The molecule has 2 aromatic rings. The van der Waals surface area contributed by atoms with Gasteiger partial charge in [-0.15, -0.1) is 0 Å². The second-order valence-electron chi connectivity index (χ2n) is 7.73. The lowest BCUT2D eigenvalue weighted by molar-refractivity contribution is -0.140. The Bertz CT molecular complexity index is 1180. The predicted octanol–water partition coefficient (Wildman–Crippen LogP) is -0.0566. The molecule has 0 spiro atoms. The van der Waals surface area contributed by atoms with Crippen LogP contribution in [0.25, 0.3) is 0 Å². The minimum atomic E-state index is -4.53. The summed E-state index contributed by atoms with van der Waals surface area (Å²) in [6.07, 6.45) is -0.278. The summed E-state index contributed by atoms with van der Waals surface area (Å²) in [4.78, 5) is 27.0. The number of hydrogen-bond donors (Lipinski definition) is 6. The first-order chi connectivity index (χ1) is 15.5. The van der Waals surface area contributed by atoms with Crippen LogP contribution in [0.3, 0.4) is 0 Å². The third-order valence-electron chi connectivity index (χ3n) is 5.46. The number of hydroxylamine groups is 1. The lowest BCUT2D eigenvalue weighted by atomic mass is 10.0. The van der Waals surface area contributed by atoms with Crippen LogP contribution in [0.1, 0.15) is 29.2 Å². The maximum absolute atomic E-state index is 13.0. The highest BCUT2D eigenvalue weighted by atomic mass is 32.2. The number of nitrogens with one attached hydrogen (secondary N) is 3. The predicted molar refractivity (Wildman–Crippen MR) is 119 cm³/mol. The lowest BCUT2D eigenvalue weighted by Crippen LogP contribution is -2.62. The average Bonchev–Trinajstić information content (AvgIpc) is 3.27. The molecule has 0 unspecified atom stereocenters. The van der Waals surface area contributed by atoms with Gasteiger partial charge in [0.25, 0.3) is 0 Å². The SMILES string of the molecule is Cc1ccccc1S(=O)(=O)[C@@](N)(CNC(=O)[C@@H]1C[C@H](c2ccc(C(=N)N)cc2)ON1)C(=O)O. The number of nitrogens with two attached hydrogens (primary N) is 2. The third-order valence-corrected chi connectivity index (χ3v) is 7.78. The molecule has 0 saturated carbocycles. The molecule has 176 valence electrons. The summed E-state index contributed by atoms with van der Waals surface area (Å²) in [5.41, 5.74) is 15.5. The highest BCUT2D eigenvalue weighted by molar-refractivity contribution is 7.93. The molecular formula is C21H25N5O6S. The molecule has 8 N–H and O–H groups in total. The van der Waals surface area contributed by atoms with Crippen molar-refractivity contribution in [2.45, 2.75) is 35.3 Å². The maximum Gasteiger partial charge on any atom is 0.341 e. The van der Waals surface area contributed by atoms with Crippen LogP contribution in [-0.2, 0) is 24.3 Å². The molecule has 1 fully saturated rings. The molecule has 33 heavy (non-hydrogen) atoms. The third kappa shape index (κ3) is 4.73. The summed E-state index contributed by atoms with van der Waals surface area (Å²) < 4.78 is 26.1. The van der Waals surface area contributed by atoms with Gasteiger partial charge in [0, 0.05) is 12.0 Å². The number of amides is 1. The van der Waals surface area contributed by atoms with Gasteiger partial charge in [0.2, 0.25) is 20.6 Å². The Hall–Kier alpha value is -3.32. The van der Waals surface area contributed by atoms with Crippen molar-refractivity contribution >= 4 is 27.5 Å². The fraction of sp³-hybridized carbons (Fsp3) is 0.286. The Morgan fingerprint density at radius 2 is 1.88 bits per heavy atom. The van der Waals surface area contributed by atoms with Gasteiger partial charge in [-0.05, 0) is 24.1 Å². The quantitative estimate of drug-likeness (QED) is 0.224. The fourth-order valence-corrected chi connectivity index (χ4v) is 5.03. The summed E-state index contributed by atoms with van der Waals surface area (Å²) in [6.45, 7) is 0.685. The van der Waals surface area contributed by atoms with E-state index in [0.717, 1.165) is 5.56 Å². The molecule has 0 bridgehead atoms. The molecule has 1 saturated heterocycles. The van der Waals surface area contributed by atoms with Crippen molar-refractivity contribution in [1.29, 1.82) is 5.41 Å². The maximum atomic E-state index is 13.0. The molecular weight excluding hydrogens is 450 g/mol. The second-order valence-corrected chi connectivity index (χ2v) is 9.90. The minimum absolute atomic E-state index is 0.0754. The summed E-state index contributed by atoms with van der Waals surface area (Å²) in [6, 6.07) is 11.8. The molecule has 1 aliphatic rings. The molecule has 12 heteroatoms. The summed E-state index contributed by atoms with van der Waals surface area (Å²) in [5.74, 6) is -2.52. The molecule has 0 radical (unpaired) electrons. The van der Waals surface area contributed by atoms with Gasteiger partial charge in [-0.1, -0.05) is 42.5 Å². The number of carboxylic acids is 1. The number of hydrogen-bond acceptors (Lipinski definition) is 8. The van der Waals surface area contributed by atoms with E-state index in [0.29, 0.717) is 11.1 Å². The number of amidine groups is 1. The number of carbonyl (C=O) groups is 2. The summed E-state index contributed by atoms with van der Waals surface area (Å²) in [5, 5.41) is 19.4. The van der Waals surface area contributed by atoms with Crippen molar-refractivity contribution in [3.8, 4) is 0 Å². The van der Waals surface area contributed by atoms with E-state index in [1.54, 1.807) is 30.3 Å². The van der Waals surface area contributed by atoms with E-state index in [1.165, 1.54) is 25.1 Å². The number of benzene rings is 2. The van der Waals surface area contributed by atoms with Gasteiger partial charge in [-0.3, -0.25) is 15.0 Å². The average molecular weight is 476 g/mol. The first-order valence-electron chi connectivity index (χ1n) is 9.93. The van der Waals surface area contributed by atoms with Gasteiger partial charge in [-0.25, -0.2) is 13.2 Å². The van der Waals surface area contributed by atoms with Crippen molar-refractivity contribution in [1.82, 2.24) is 10.8 Å². The smallest absolute Gasteiger partial charge is 0.341 e. The molecule has 3 atom stereocenters. The number of aryl methyl sites for hydroxylation is 1. The highest BCUT2D eigenvalue weighted by Crippen LogP contribution is 2.28. The van der Waals surface area contributed by atoms with Crippen molar-refractivity contribution in [2.24, 2.45) is 11.5 Å². The van der Waals surface area contributed by atoms with Gasteiger partial charge in [0.05, 0.1) is 11.4 Å². The Morgan fingerprint density at radius 1 is 1.24 bits per heavy atom. The second kappa shape index (κ2) is 9.27. The number of rotatable bonds is 8. The van der Waals surface area contributed by atoms with Crippen LogP contribution in [0.15, 0.2) is 53.4 Å². The van der Waals surface area contributed by atoms with Crippen LogP contribution in [0.4, 0.5) is 0 Å². The number of sulfone groups is 1. The van der Waals surface area contributed by atoms with Gasteiger partial charge in [0.15, 0.2) is 0 Å². The van der Waals surface area contributed by atoms with Gasteiger partial charge in [-0.2, -0.15) is 5.48 Å². The van der Waals surface area contributed by atoms with Crippen LogP contribution in [0, 0.1) is 12.3 Å². The van der Waals surface area contributed by atoms with E-state index in [-0.39, 0.29) is 17.2 Å². The molecule has 0 aromatic heterocycles. The fourth-order valence-electron chi connectivity index (χ4n) is 3.40. The minimum Gasteiger partial charge on any atom is -0.479 e. The van der Waals surface area contributed by atoms with Crippen LogP contribution >= 0.6 is 0 Å². The molecule has 2 aromatic carbocycles. The molecule has 1 heterocycles.